The number of benzene rings is 1. The summed E-state index contributed by atoms with van der Waals surface area (Å²) in [6, 6.07) is 12.4. The highest BCUT2D eigenvalue weighted by atomic mass is 16.5. The van der Waals surface area contributed by atoms with Gasteiger partial charge in [0.05, 0.1) is 12.1 Å². The zero-order valence-corrected chi connectivity index (χ0v) is 12.8. The summed E-state index contributed by atoms with van der Waals surface area (Å²) in [6.45, 7) is 1.95. The van der Waals surface area contributed by atoms with Crippen LogP contribution in [-0.2, 0) is 9.53 Å². The molecule has 1 aromatic heterocycles. The molecule has 1 N–H and O–H groups in total. The lowest BCUT2D eigenvalue weighted by molar-refractivity contribution is -0.127. The van der Waals surface area contributed by atoms with Crippen LogP contribution in [-0.4, -0.2) is 36.1 Å². The lowest BCUT2D eigenvalue weighted by Crippen LogP contribution is -2.38. The highest BCUT2D eigenvalue weighted by Gasteiger charge is 2.14. The van der Waals surface area contributed by atoms with E-state index in [9.17, 15) is 9.59 Å². The number of ether oxygens (including phenoxy) is 2. The molecule has 1 unspecified atom stereocenters. The Morgan fingerprint density at radius 2 is 1.96 bits per heavy atom. The summed E-state index contributed by atoms with van der Waals surface area (Å²) in [7, 11) is 0. The fourth-order valence-electron chi connectivity index (χ4n) is 1.79. The first-order valence-electron chi connectivity index (χ1n) is 7.23. The molecule has 1 atom stereocenters. The summed E-state index contributed by atoms with van der Waals surface area (Å²) < 4.78 is 10.5. The fourth-order valence-corrected chi connectivity index (χ4v) is 1.79. The third kappa shape index (κ3) is 5.43. The lowest BCUT2D eigenvalue weighted by Gasteiger charge is -2.14. The van der Waals surface area contributed by atoms with Gasteiger partial charge in [-0.25, -0.2) is 4.79 Å². The first-order valence-corrected chi connectivity index (χ1v) is 7.23. The Morgan fingerprint density at radius 3 is 2.65 bits per heavy atom. The molecule has 6 heteroatoms. The molecule has 1 heterocycles. The van der Waals surface area contributed by atoms with Gasteiger partial charge in [-0.1, -0.05) is 18.2 Å². The molecule has 120 valence electrons. The summed E-state index contributed by atoms with van der Waals surface area (Å²) in [5, 5.41) is 2.65. The second kappa shape index (κ2) is 8.53. The Hall–Kier alpha value is -2.89. The third-order valence-corrected chi connectivity index (χ3v) is 2.96. The molecule has 0 fully saturated rings. The number of amides is 1. The van der Waals surface area contributed by atoms with E-state index in [2.05, 4.69) is 10.3 Å². The van der Waals surface area contributed by atoms with E-state index in [-0.39, 0.29) is 19.1 Å². The zero-order valence-electron chi connectivity index (χ0n) is 12.8. The minimum atomic E-state index is -0.633. The number of carbonyl (C=O) groups is 2. The molecule has 6 nitrogen and oxygen atoms in total. The van der Waals surface area contributed by atoms with Crippen LogP contribution in [0.2, 0.25) is 0 Å². The van der Waals surface area contributed by atoms with Crippen LogP contribution in [0.3, 0.4) is 0 Å². The molecule has 0 radical (unpaired) electrons. The maximum absolute atomic E-state index is 11.9. The largest absolute Gasteiger partial charge is 0.481 e. The maximum Gasteiger partial charge on any atom is 0.339 e. The average molecular weight is 314 g/mol. The van der Waals surface area contributed by atoms with Crippen LogP contribution >= 0.6 is 0 Å². The first-order chi connectivity index (χ1) is 11.2. The van der Waals surface area contributed by atoms with E-state index in [1.165, 1.54) is 6.20 Å². The molecule has 2 rings (SSSR count). The Morgan fingerprint density at radius 1 is 1.17 bits per heavy atom. The molecule has 1 amide bonds. The van der Waals surface area contributed by atoms with Crippen molar-refractivity contribution in [3.05, 3.63) is 60.4 Å². The number of pyridine rings is 1. The number of nitrogens with zero attached hydrogens (tertiary/aromatic N) is 1. The van der Waals surface area contributed by atoms with E-state index in [1.54, 1.807) is 37.4 Å². The first kappa shape index (κ1) is 16.5. The van der Waals surface area contributed by atoms with Crippen molar-refractivity contribution in [2.45, 2.75) is 13.0 Å². The van der Waals surface area contributed by atoms with Gasteiger partial charge in [-0.3, -0.25) is 9.78 Å². The van der Waals surface area contributed by atoms with Crippen molar-refractivity contribution < 1.29 is 19.1 Å². The molecule has 23 heavy (non-hydrogen) atoms. The Kier molecular flexibility index (Phi) is 6.11. The van der Waals surface area contributed by atoms with Crippen LogP contribution in [0.5, 0.6) is 5.75 Å². The Labute approximate surface area is 134 Å². The molecule has 0 bridgehead atoms. The fraction of sp³-hybridized carbons (Fsp3) is 0.235. The second-order valence-corrected chi connectivity index (χ2v) is 4.74. The van der Waals surface area contributed by atoms with Gasteiger partial charge in [-0.15, -0.1) is 0 Å². The van der Waals surface area contributed by atoms with Gasteiger partial charge in [-0.2, -0.15) is 0 Å². The van der Waals surface area contributed by atoms with Crippen molar-refractivity contribution in [3.63, 3.8) is 0 Å². The van der Waals surface area contributed by atoms with Crippen LogP contribution in [0.15, 0.2) is 54.9 Å². The maximum atomic E-state index is 11.9. The SMILES string of the molecule is CC(Oc1ccccc1)C(=O)NCCOC(=O)c1cccnc1. The number of para-hydroxylation sites is 1. The summed E-state index contributed by atoms with van der Waals surface area (Å²) in [4.78, 5) is 27.4. The highest BCUT2D eigenvalue weighted by Crippen LogP contribution is 2.10. The molecule has 1 aromatic carbocycles. The van der Waals surface area contributed by atoms with Crippen molar-refractivity contribution in [3.8, 4) is 5.75 Å². The molecule has 2 aromatic rings. The monoisotopic (exact) mass is 314 g/mol. The van der Waals surface area contributed by atoms with Gasteiger partial charge in [0.2, 0.25) is 0 Å². The van der Waals surface area contributed by atoms with Crippen molar-refractivity contribution >= 4 is 11.9 Å². The van der Waals surface area contributed by atoms with Gasteiger partial charge in [0, 0.05) is 12.4 Å². The van der Waals surface area contributed by atoms with Crippen molar-refractivity contribution in [1.82, 2.24) is 10.3 Å². The van der Waals surface area contributed by atoms with E-state index in [4.69, 9.17) is 9.47 Å². The zero-order chi connectivity index (χ0) is 16.5. The van der Waals surface area contributed by atoms with Crippen molar-refractivity contribution in [2.24, 2.45) is 0 Å². The van der Waals surface area contributed by atoms with Gasteiger partial charge < -0.3 is 14.8 Å². The number of rotatable bonds is 7. The van der Waals surface area contributed by atoms with E-state index in [1.807, 2.05) is 18.2 Å². The Balaban J connectivity index is 1.67. The highest BCUT2D eigenvalue weighted by molar-refractivity contribution is 5.88. The number of nitrogens with one attached hydrogen (secondary N) is 1. The summed E-state index contributed by atoms with van der Waals surface area (Å²) >= 11 is 0. The van der Waals surface area contributed by atoms with Crippen molar-refractivity contribution in [2.75, 3.05) is 13.2 Å². The standard InChI is InChI=1S/C17H18N2O4/c1-13(23-15-7-3-2-4-8-15)16(20)19-10-11-22-17(21)14-6-5-9-18-12-14/h2-9,12-13H,10-11H2,1H3,(H,19,20). The van der Waals surface area contributed by atoms with Crippen LogP contribution in [0.1, 0.15) is 17.3 Å². The van der Waals surface area contributed by atoms with E-state index >= 15 is 0 Å². The molecule has 0 aliphatic rings. The predicted molar refractivity (Wildman–Crippen MR) is 84.1 cm³/mol. The van der Waals surface area contributed by atoms with Gasteiger partial charge in [0.25, 0.3) is 5.91 Å². The minimum absolute atomic E-state index is 0.0809. The molecular formula is C17H18N2O4. The second-order valence-electron chi connectivity index (χ2n) is 4.74. The van der Waals surface area contributed by atoms with E-state index in [0.717, 1.165) is 0 Å². The number of esters is 1. The van der Waals surface area contributed by atoms with Crippen LogP contribution < -0.4 is 10.1 Å². The molecule has 0 aliphatic carbocycles. The molecule has 0 aliphatic heterocycles. The van der Waals surface area contributed by atoms with Crippen LogP contribution in [0, 0.1) is 0 Å². The Bertz CT molecular complexity index is 632. The van der Waals surface area contributed by atoms with Crippen LogP contribution in [0.25, 0.3) is 0 Å². The summed E-state index contributed by atoms with van der Waals surface area (Å²) in [5.41, 5.74) is 0.375. The third-order valence-electron chi connectivity index (χ3n) is 2.96. The summed E-state index contributed by atoms with van der Waals surface area (Å²) in [5.74, 6) is -0.120. The quantitative estimate of drug-likeness (QED) is 0.623. The number of aromatic nitrogens is 1. The summed E-state index contributed by atoms with van der Waals surface area (Å²) in [6.07, 6.45) is 2.37. The van der Waals surface area contributed by atoms with E-state index < -0.39 is 12.1 Å². The smallest absolute Gasteiger partial charge is 0.339 e. The molecule has 0 saturated heterocycles. The van der Waals surface area contributed by atoms with Gasteiger partial charge in [0.1, 0.15) is 12.4 Å². The van der Waals surface area contributed by atoms with E-state index in [0.29, 0.717) is 11.3 Å². The number of hydrogen-bond acceptors (Lipinski definition) is 5. The average Bonchev–Trinajstić information content (AvgIpc) is 2.60. The van der Waals surface area contributed by atoms with Crippen molar-refractivity contribution in [1.29, 1.82) is 0 Å². The van der Waals surface area contributed by atoms with Gasteiger partial charge in [-0.05, 0) is 31.2 Å². The number of hydrogen-bond donors (Lipinski definition) is 1. The van der Waals surface area contributed by atoms with Crippen LogP contribution in [0.4, 0.5) is 0 Å². The molecule has 0 spiro atoms. The topological polar surface area (TPSA) is 77.5 Å². The molecule has 0 saturated carbocycles. The van der Waals surface area contributed by atoms with Gasteiger partial charge in [0.15, 0.2) is 6.10 Å². The lowest BCUT2D eigenvalue weighted by atomic mass is 10.3. The molecular weight excluding hydrogens is 296 g/mol. The predicted octanol–water partition coefficient (Wildman–Crippen LogP) is 1.82. The number of carbonyl (C=O) groups excluding carboxylic acids is 2. The minimum Gasteiger partial charge on any atom is -0.481 e. The normalized spacial score (nSPS) is 11.3. The van der Waals surface area contributed by atoms with Gasteiger partial charge >= 0.3 is 5.97 Å².